The number of pyridine rings is 1. The van der Waals surface area contributed by atoms with E-state index in [0.29, 0.717) is 30.1 Å². The molecule has 1 aromatic carbocycles. The van der Waals surface area contributed by atoms with Crippen LogP contribution in [-0.4, -0.2) is 41.1 Å². The van der Waals surface area contributed by atoms with Crippen LogP contribution in [-0.2, 0) is 5.54 Å². The number of allylic oxidation sites excluding steroid dienone is 3. The maximum absolute atomic E-state index is 15.3. The number of benzene rings is 1. The number of amidine groups is 1. The minimum absolute atomic E-state index is 0.163. The summed E-state index contributed by atoms with van der Waals surface area (Å²) in [6.07, 6.45) is 0.152. The monoisotopic (exact) mass is 503 g/mol. The molecule has 2 aliphatic heterocycles. The van der Waals surface area contributed by atoms with Crippen molar-refractivity contribution >= 4 is 17.4 Å². The first-order valence-electron chi connectivity index (χ1n) is 11.3. The molecule has 3 heterocycles. The minimum Gasteiger partial charge on any atom is -0.406 e. The predicted molar refractivity (Wildman–Crippen MR) is 124 cm³/mol. The summed E-state index contributed by atoms with van der Waals surface area (Å²) in [6.45, 7) is 2.78. The molecule has 5 rings (SSSR count). The summed E-state index contributed by atoms with van der Waals surface area (Å²) in [5, 5.41) is 0. The molecule has 1 aliphatic carbocycles. The molecule has 0 spiro atoms. The second kappa shape index (κ2) is 8.72. The van der Waals surface area contributed by atoms with Crippen molar-refractivity contribution in [2.45, 2.75) is 31.7 Å². The second-order valence-electron chi connectivity index (χ2n) is 8.89. The average molecular weight is 503 g/mol. The topological polar surface area (TPSA) is 76.1 Å². The molecule has 0 saturated carbocycles. The summed E-state index contributed by atoms with van der Waals surface area (Å²) in [4.78, 5) is 15.1. The Kier molecular flexibility index (Phi) is 5.80. The second-order valence-corrected chi connectivity index (χ2v) is 8.89. The lowest BCUT2D eigenvalue weighted by Gasteiger charge is -2.37. The van der Waals surface area contributed by atoms with E-state index in [1.54, 1.807) is 17.9 Å². The molecule has 0 amide bonds. The third-order valence-electron chi connectivity index (χ3n) is 6.46. The third-order valence-corrected chi connectivity index (χ3v) is 6.46. The summed E-state index contributed by atoms with van der Waals surface area (Å²) in [5.41, 5.74) is 6.57. The number of alkyl halides is 3. The summed E-state index contributed by atoms with van der Waals surface area (Å²) in [7, 11) is 0. The Balaban J connectivity index is 1.69. The Labute approximate surface area is 203 Å². The van der Waals surface area contributed by atoms with E-state index >= 15 is 4.39 Å². The fourth-order valence-corrected chi connectivity index (χ4v) is 4.93. The first-order valence-corrected chi connectivity index (χ1v) is 11.3. The zero-order valence-electron chi connectivity index (χ0n) is 19.2. The molecule has 0 fully saturated rings. The van der Waals surface area contributed by atoms with Crippen molar-refractivity contribution in [2.75, 3.05) is 13.1 Å². The van der Waals surface area contributed by atoms with Crippen LogP contribution in [0.4, 0.5) is 22.0 Å². The van der Waals surface area contributed by atoms with Crippen molar-refractivity contribution in [3.8, 4) is 5.75 Å². The summed E-state index contributed by atoms with van der Waals surface area (Å²) in [5.74, 6) is -1.27. The van der Waals surface area contributed by atoms with E-state index in [9.17, 15) is 17.6 Å². The van der Waals surface area contributed by atoms with Gasteiger partial charge in [0.2, 0.25) is 0 Å². The fourth-order valence-electron chi connectivity index (χ4n) is 4.93. The molecule has 0 radical (unpaired) electrons. The van der Waals surface area contributed by atoms with Crippen LogP contribution in [0.25, 0.3) is 5.57 Å². The van der Waals surface area contributed by atoms with Gasteiger partial charge in [-0.15, -0.1) is 13.2 Å². The number of fused-ring (bicyclic) bond motifs is 1. The van der Waals surface area contributed by atoms with E-state index in [1.807, 2.05) is 0 Å². The number of hydrogen-bond acceptors (Lipinski definition) is 6. The number of rotatable bonds is 4. The van der Waals surface area contributed by atoms with Gasteiger partial charge in [0.1, 0.15) is 23.2 Å². The summed E-state index contributed by atoms with van der Waals surface area (Å²) >= 11 is 0. The fraction of sp³-hybridized carbons (Fsp3) is 0.320. The van der Waals surface area contributed by atoms with Gasteiger partial charge in [0.05, 0.1) is 6.20 Å². The lowest BCUT2D eigenvalue weighted by atomic mass is 9.74. The lowest BCUT2D eigenvalue weighted by Crippen LogP contribution is -2.47. The van der Waals surface area contributed by atoms with Crippen LogP contribution < -0.4 is 10.5 Å². The molecular formula is C25H22F5N5O. The normalized spacial score (nSPS) is 24.2. The van der Waals surface area contributed by atoms with E-state index in [2.05, 4.69) is 9.72 Å². The van der Waals surface area contributed by atoms with Gasteiger partial charge in [-0.2, -0.15) is 0 Å². The highest BCUT2D eigenvalue weighted by Gasteiger charge is 2.51. The minimum atomic E-state index is -4.84. The Morgan fingerprint density at radius 2 is 1.89 bits per heavy atom. The maximum atomic E-state index is 15.3. The van der Waals surface area contributed by atoms with Crippen molar-refractivity contribution in [2.24, 2.45) is 21.6 Å². The van der Waals surface area contributed by atoms with Gasteiger partial charge in [0, 0.05) is 36.3 Å². The van der Waals surface area contributed by atoms with Gasteiger partial charge >= 0.3 is 6.36 Å². The molecule has 188 valence electrons. The number of ether oxygens (including phenoxy) is 1. The van der Waals surface area contributed by atoms with Gasteiger partial charge in [0.15, 0.2) is 11.5 Å². The zero-order valence-corrected chi connectivity index (χ0v) is 19.2. The molecule has 2 aromatic rings. The molecule has 11 heteroatoms. The first-order chi connectivity index (χ1) is 17.1. The van der Waals surface area contributed by atoms with Crippen LogP contribution in [0.15, 0.2) is 70.2 Å². The number of hydrogen-bond donors (Lipinski definition) is 1. The molecule has 0 saturated heterocycles. The Hall–Kier alpha value is -3.76. The molecule has 2 atom stereocenters. The smallest absolute Gasteiger partial charge is 0.406 e. The van der Waals surface area contributed by atoms with Crippen LogP contribution in [0.2, 0.25) is 0 Å². The molecule has 1 aromatic heterocycles. The summed E-state index contributed by atoms with van der Waals surface area (Å²) < 4.78 is 71.5. The number of halogens is 5. The van der Waals surface area contributed by atoms with E-state index in [4.69, 9.17) is 15.7 Å². The van der Waals surface area contributed by atoms with Crippen LogP contribution in [0.1, 0.15) is 30.9 Å². The molecule has 6 nitrogen and oxygen atoms in total. The van der Waals surface area contributed by atoms with Gasteiger partial charge in [-0.3, -0.25) is 14.9 Å². The van der Waals surface area contributed by atoms with Gasteiger partial charge in [0.25, 0.3) is 0 Å². The predicted octanol–water partition coefficient (Wildman–Crippen LogP) is 5.09. The molecule has 3 aliphatic rings. The quantitative estimate of drug-likeness (QED) is 0.590. The van der Waals surface area contributed by atoms with E-state index < -0.39 is 29.5 Å². The zero-order chi connectivity index (χ0) is 25.7. The van der Waals surface area contributed by atoms with E-state index in [0.717, 1.165) is 12.6 Å². The molecule has 2 N–H and O–H groups in total. The molecule has 36 heavy (non-hydrogen) atoms. The Morgan fingerprint density at radius 1 is 1.14 bits per heavy atom. The van der Waals surface area contributed by atoms with Crippen molar-refractivity contribution in [1.82, 2.24) is 9.88 Å². The standard InChI is InChI=1S/C25H22F5N5O/c1-14-9-17(11-20(21(14)27)15-10-18(26)13-32-12-15)24(22-33-7-2-8-35(22)23(31)34-24)16-3-5-19(6-4-16)36-25(28,29)30/h3-6,10-14H,2,7-9H2,1H3,(H2,31,34). The highest BCUT2D eigenvalue weighted by Crippen LogP contribution is 2.48. The highest BCUT2D eigenvalue weighted by molar-refractivity contribution is 6.12. The first kappa shape index (κ1) is 24.0. The van der Waals surface area contributed by atoms with Gasteiger partial charge in [-0.1, -0.05) is 19.1 Å². The van der Waals surface area contributed by atoms with Crippen molar-refractivity contribution < 1.29 is 26.7 Å². The van der Waals surface area contributed by atoms with E-state index in [1.165, 1.54) is 36.5 Å². The number of nitrogens with two attached hydrogens (primary N) is 1. The van der Waals surface area contributed by atoms with Gasteiger partial charge in [-0.05, 0) is 48.3 Å². The van der Waals surface area contributed by atoms with Crippen molar-refractivity contribution in [3.63, 3.8) is 0 Å². The number of nitrogens with zero attached hydrogens (tertiary/aromatic N) is 4. The van der Waals surface area contributed by atoms with Gasteiger partial charge < -0.3 is 10.5 Å². The maximum Gasteiger partial charge on any atom is 0.573 e. The Bertz CT molecular complexity index is 1310. The highest BCUT2D eigenvalue weighted by atomic mass is 19.4. The third kappa shape index (κ3) is 4.12. The van der Waals surface area contributed by atoms with Crippen molar-refractivity contribution in [1.29, 1.82) is 0 Å². The largest absolute Gasteiger partial charge is 0.573 e. The van der Waals surface area contributed by atoms with Crippen LogP contribution in [0.5, 0.6) is 5.75 Å². The van der Waals surface area contributed by atoms with Gasteiger partial charge in [-0.25, -0.2) is 13.8 Å². The number of guanidine groups is 1. The molecule has 0 bridgehead atoms. The lowest BCUT2D eigenvalue weighted by molar-refractivity contribution is -0.274. The molecule has 2 unspecified atom stereocenters. The number of aromatic nitrogens is 1. The average Bonchev–Trinajstić information content (AvgIpc) is 3.14. The summed E-state index contributed by atoms with van der Waals surface area (Å²) in [6, 6.07) is 6.54. The van der Waals surface area contributed by atoms with E-state index in [-0.39, 0.29) is 29.3 Å². The van der Waals surface area contributed by atoms with Crippen LogP contribution >= 0.6 is 0 Å². The van der Waals surface area contributed by atoms with Crippen molar-refractivity contribution in [3.05, 3.63) is 77.1 Å². The Morgan fingerprint density at radius 3 is 2.58 bits per heavy atom. The SMILES string of the molecule is CC1CC(C2(c3ccc(OC(F)(F)F)cc3)N=C(N)N3CCCN=C32)=CC(c2cncc(F)c2)=C1F. The van der Waals surface area contributed by atoms with Crippen LogP contribution in [0, 0.1) is 11.7 Å². The molecular weight excluding hydrogens is 481 g/mol. The van der Waals surface area contributed by atoms with Crippen LogP contribution in [0.3, 0.4) is 0 Å². The number of aliphatic imine (C=N–C) groups is 2.